The van der Waals surface area contributed by atoms with Crippen LogP contribution in [0.2, 0.25) is 0 Å². The lowest BCUT2D eigenvalue weighted by Crippen LogP contribution is -2.34. The molecule has 0 amide bonds. The number of rotatable bonds is 3. The van der Waals surface area contributed by atoms with Gasteiger partial charge in [0.15, 0.2) is 5.82 Å². The lowest BCUT2D eigenvalue weighted by molar-refractivity contribution is 0.192. The van der Waals surface area contributed by atoms with Gasteiger partial charge in [0, 0.05) is 24.9 Å². The first-order valence-electron chi connectivity index (χ1n) is 7.12. The Labute approximate surface area is 121 Å². The maximum Gasteiger partial charge on any atom is 0.252 e. The van der Waals surface area contributed by atoms with Crippen LogP contribution in [-0.2, 0) is 6.54 Å². The van der Waals surface area contributed by atoms with Crippen LogP contribution < -0.4 is 0 Å². The molecule has 3 aromatic rings. The molecule has 3 aromatic heterocycles. The molecule has 4 rings (SSSR count). The van der Waals surface area contributed by atoms with Gasteiger partial charge in [-0.25, -0.2) is 14.5 Å². The zero-order valence-electron chi connectivity index (χ0n) is 11.6. The third-order valence-electron chi connectivity index (χ3n) is 3.85. The Hall–Kier alpha value is -2.35. The molecule has 0 aliphatic carbocycles. The summed E-state index contributed by atoms with van der Waals surface area (Å²) in [6.45, 7) is 2.76. The predicted octanol–water partition coefficient (Wildman–Crippen LogP) is 0.622. The Bertz CT molecular complexity index is 686. The van der Waals surface area contributed by atoms with Crippen molar-refractivity contribution in [1.29, 1.82) is 0 Å². The van der Waals surface area contributed by atoms with Crippen molar-refractivity contribution in [1.82, 2.24) is 39.7 Å². The molecule has 0 saturated carbocycles. The fraction of sp³-hybridized carbons (Fsp3) is 0.462. The van der Waals surface area contributed by atoms with Gasteiger partial charge in [-0.3, -0.25) is 10.00 Å². The first kappa shape index (κ1) is 12.4. The quantitative estimate of drug-likeness (QED) is 0.758. The summed E-state index contributed by atoms with van der Waals surface area (Å²) in [7, 11) is 0. The number of H-pyrrole nitrogens is 1. The van der Waals surface area contributed by atoms with Gasteiger partial charge in [-0.1, -0.05) is 0 Å². The summed E-state index contributed by atoms with van der Waals surface area (Å²) < 4.78 is 1.72. The number of nitrogens with one attached hydrogen (secondary N) is 1. The first-order chi connectivity index (χ1) is 10.4. The van der Waals surface area contributed by atoms with Crippen molar-refractivity contribution in [3.63, 3.8) is 0 Å². The van der Waals surface area contributed by atoms with Crippen LogP contribution >= 0.6 is 0 Å². The monoisotopic (exact) mass is 284 g/mol. The molecular weight excluding hydrogens is 268 g/mol. The van der Waals surface area contributed by atoms with Crippen molar-refractivity contribution < 1.29 is 0 Å². The van der Waals surface area contributed by atoms with Crippen LogP contribution in [0.25, 0.3) is 5.78 Å². The van der Waals surface area contributed by atoms with Crippen LogP contribution in [0.4, 0.5) is 0 Å². The minimum atomic E-state index is 0.413. The number of aromatic amines is 1. The van der Waals surface area contributed by atoms with E-state index >= 15 is 0 Å². The Morgan fingerprint density at radius 3 is 3.19 bits per heavy atom. The maximum absolute atomic E-state index is 4.46. The van der Waals surface area contributed by atoms with Gasteiger partial charge in [-0.2, -0.15) is 10.1 Å². The highest BCUT2D eigenvalue weighted by molar-refractivity contribution is 5.24. The zero-order chi connectivity index (χ0) is 14.1. The van der Waals surface area contributed by atoms with Crippen molar-refractivity contribution >= 4 is 5.78 Å². The summed E-state index contributed by atoms with van der Waals surface area (Å²) in [6.07, 6.45) is 7.47. The molecule has 0 spiro atoms. The highest BCUT2D eigenvalue weighted by atomic mass is 15.3. The molecule has 1 saturated heterocycles. The number of aromatic nitrogens is 7. The average molecular weight is 284 g/mol. The van der Waals surface area contributed by atoms with Crippen LogP contribution in [0.1, 0.15) is 30.4 Å². The molecule has 4 heterocycles. The van der Waals surface area contributed by atoms with Crippen LogP contribution in [0.3, 0.4) is 0 Å². The molecule has 1 atom stereocenters. The van der Waals surface area contributed by atoms with Crippen LogP contribution in [0.15, 0.2) is 24.8 Å². The largest absolute Gasteiger partial charge is 0.295 e. The van der Waals surface area contributed by atoms with E-state index in [-0.39, 0.29) is 0 Å². The topological polar surface area (TPSA) is 87.9 Å². The fourth-order valence-electron chi connectivity index (χ4n) is 2.88. The van der Waals surface area contributed by atoms with Gasteiger partial charge >= 0.3 is 0 Å². The Kier molecular flexibility index (Phi) is 3.07. The van der Waals surface area contributed by atoms with Gasteiger partial charge in [0.25, 0.3) is 5.78 Å². The Morgan fingerprint density at radius 1 is 1.33 bits per heavy atom. The molecule has 8 heteroatoms. The van der Waals surface area contributed by atoms with Gasteiger partial charge in [0.2, 0.25) is 0 Å². The summed E-state index contributed by atoms with van der Waals surface area (Å²) in [6, 6.07) is 1.85. The summed E-state index contributed by atoms with van der Waals surface area (Å²) in [5, 5.41) is 11.4. The van der Waals surface area contributed by atoms with E-state index in [9.17, 15) is 0 Å². The lowest BCUT2D eigenvalue weighted by Gasteiger charge is -2.30. The third kappa shape index (κ3) is 2.49. The highest BCUT2D eigenvalue weighted by Crippen LogP contribution is 2.24. The van der Waals surface area contributed by atoms with Crippen LogP contribution in [-0.4, -0.2) is 52.8 Å². The van der Waals surface area contributed by atoms with Gasteiger partial charge in [0.1, 0.15) is 12.2 Å². The third-order valence-corrected chi connectivity index (χ3v) is 3.85. The molecule has 8 nitrogen and oxygen atoms in total. The Balaban J connectivity index is 1.48. The Morgan fingerprint density at radius 2 is 2.33 bits per heavy atom. The van der Waals surface area contributed by atoms with Crippen LogP contribution in [0.5, 0.6) is 0 Å². The molecule has 1 aliphatic rings. The van der Waals surface area contributed by atoms with Gasteiger partial charge in [-0.05, 0) is 25.5 Å². The second-order valence-corrected chi connectivity index (χ2v) is 5.34. The predicted molar refractivity (Wildman–Crippen MR) is 74.4 cm³/mol. The van der Waals surface area contributed by atoms with E-state index in [0.717, 1.165) is 44.1 Å². The number of fused-ring (bicyclic) bond motifs is 1. The van der Waals surface area contributed by atoms with Gasteiger partial charge < -0.3 is 0 Å². The first-order valence-corrected chi connectivity index (χ1v) is 7.12. The molecule has 21 heavy (non-hydrogen) atoms. The molecular formula is C13H16N8. The van der Waals surface area contributed by atoms with Crippen molar-refractivity contribution in [3.8, 4) is 0 Å². The highest BCUT2D eigenvalue weighted by Gasteiger charge is 2.24. The van der Waals surface area contributed by atoms with E-state index in [2.05, 4.69) is 35.1 Å². The molecule has 0 bridgehead atoms. The average Bonchev–Trinajstić information content (AvgIpc) is 3.16. The number of hydrogen-bond donors (Lipinski definition) is 1. The summed E-state index contributed by atoms with van der Waals surface area (Å²) in [5.41, 5.74) is 0. The summed E-state index contributed by atoms with van der Waals surface area (Å²) >= 11 is 0. The number of nitrogens with zero attached hydrogens (tertiary/aromatic N) is 7. The SMILES string of the molecule is c1cnc2nc(CN3CCC[C@@H](c4ncn[nH]4)C3)nn2c1. The minimum Gasteiger partial charge on any atom is -0.295 e. The maximum atomic E-state index is 4.46. The van der Waals surface area contributed by atoms with E-state index in [0.29, 0.717) is 11.7 Å². The second kappa shape index (κ2) is 5.21. The van der Waals surface area contributed by atoms with Gasteiger partial charge in [0.05, 0.1) is 6.54 Å². The molecule has 108 valence electrons. The lowest BCUT2D eigenvalue weighted by atomic mass is 9.97. The number of piperidine rings is 1. The molecule has 1 fully saturated rings. The molecule has 0 aromatic carbocycles. The fourth-order valence-corrected chi connectivity index (χ4v) is 2.88. The summed E-state index contributed by atoms with van der Waals surface area (Å²) in [4.78, 5) is 15.3. The number of hydrogen-bond acceptors (Lipinski definition) is 6. The standard InChI is InChI=1S/C13H16N8/c1-3-10(12-15-9-16-18-12)7-20(5-1)8-11-17-13-14-4-2-6-21(13)19-11/h2,4,6,9-10H,1,3,5,7-8H2,(H,15,16,18)/t10-/m1/s1. The normalized spacial score (nSPS) is 20.1. The number of likely N-dealkylation sites (tertiary alicyclic amines) is 1. The minimum absolute atomic E-state index is 0.413. The van der Waals surface area contributed by atoms with E-state index in [4.69, 9.17) is 0 Å². The van der Waals surface area contributed by atoms with Crippen molar-refractivity contribution in [2.45, 2.75) is 25.3 Å². The molecule has 0 unspecified atom stereocenters. The summed E-state index contributed by atoms with van der Waals surface area (Å²) in [5.74, 6) is 2.85. The molecule has 1 N–H and O–H groups in total. The smallest absolute Gasteiger partial charge is 0.252 e. The van der Waals surface area contributed by atoms with Crippen molar-refractivity contribution in [2.24, 2.45) is 0 Å². The van der Waals surface area contributed by atoms with E-state index < -0.39 is 0 Å². The molecule has 0 radical (unpaired) electrons. The van der Waals surface area contributed by atoms with Gasteiger partial charge in [-0.15, -0.1) is 5.10 Å². The van der Waals surface area contributed by atoms with E-state index in [1.807, 2.05) is 12.3 Å². The van der Waals surface area contributed by atoms with Crippen molar-refractivity contribution in [2.75, 3.05) is 13.1 Å². The molecule has 1 aliphatic heterocycles. The van der Waals surface area contributed by atoms with Crippen molar-refractivity contribution in [3.05, 3.63) is 36.4 Å². The van der Waals surface area contributed by atoms with E-state index in [1.54, 1.807) is 17.0 Å². The van der Waals surface area contributed by atoms with Crippen LogP contribution in [0, 0.1) is 0 Å². The second-order valence-electron chi connectivity index (χ2n) is 5.34. The van der Waals surface area contributed by atoms with E-state index in [1.165, 1.54) is 0 Å². The zero-order valence-corrected chi connectivity index (χ0v) is 11.6.